The first-order valence-electron chi connectivity index (χ1n) is 4.54. The summed E-state index contributed by atoms with van der Waals surface area (Å²) in [7, 11) is 0. The molecule has 0 radical (unpaired) electrons. The van der Waals surface area contributed by atoms with Crippen molar-refractivity contribution in [1.29, 1.82) is 0 Å². The fraction of sp³-hybridized carbons (Fsp3) is 0.222. The minimum Gasteiger partial charge on any atom is -0.369 e. The fourth-order valence-electron chi connectivity index (χ4n) is 1.48. The molecule has 5 nitrogen and oxygen atoms in total. The van der Waals surface area contributed by atoms with Gasteiger partial charge in [-0.25, -0.2) is 4.41 Å². The Hall–Kier alpha value is -1.56. The molecule has 1 aromatic rings. The van der Waals surface area contributed by atoms with Crippen LogP contribution in [0.3, 0.4) is 0 Å². The number of hydrogen-bond acceptors (Lipinski definition) is 3. The van der Waals surface area contributed by atoms with Crippen LogP contribution in [-0.2, 0) is 0 Å². The molecule has 1 aliphatic heterocycles. The molecule has 2 rings (SSSR count). The van der Waals surface area contributed by atoms with Crippen molar-refractivity contribution >= 4 is 23.5 Å². The average Bonchev–Trinajstić information content (AvgIpc) is 2.72. The molecule has 0 bridgehead atoms. The number of rotatable bonds is 2. The van der Waals surface area contributed by atoms with Crippen LogP contribution in [0.5, 0.6) is 0 Å². The number of aromatic nitrogens is 1. The highest BCUT2D eigenvalue weighted by Gasteiger charge is 2.16. The number of nitrogens with zero attached hydrogens (tertiary/aromatic N) is 2. The highest BCUT2D eigenvalue weighted by molar-refractivity contribution is 8.00. The van der Waals surface area contributed by atoms with Crippen LogP contribution in [0.1, 0.15) is 11.3 Å². The van der Waals surface area contributed by atoms with E-state index in [9.17, 15) is 0 Å². The van der Waals surface area contributed by atoms with Crippen LogP contribution < -0.4 is 11.5 Å². The third-order valence-electron chi connectivity index (χ3n) is 2.15. The van der Waals surface area contributed by atoms with Crippen LogP contribution in [0.15, 0.2) is 22.8 Å². The lowest BCUT2D eigenvalue weighted by Crippen LogP contribution is -2.26. The third-order valence-corrected chi connectivity index (χ3v) is 2.99. The van der Waals surface area contributed by atoms with Gasteiger partial charge in [0.05, 0.1) is 6.54 Å². The molecule has 0 aliphatic carbocycles. The number of nitrogens with one attached hydrogen (secondary N) is 1. The molecule has 0 amide bonds. The number of H-pyrrole nitrogens is 1. The molecule has 0 unspecified atom stereocenters. The van der Waals surface area contributed by atoms with Gasteiger partial charge in [0, 0.05) is 17.5 Å². The first kappa shape index (κ1) is 9.97. The second-order valence-electron chi connectivity index (χ2n) is 3.30. The van der Waals surface area contributed by atoms with Gasteiger partial charge >= 0.3 is 0 Å². The van der Waals surface area contributed by atoms with Gasteiger partial charge in [-0.2, -0.15) is 0 Å². The van der Waals surface area contributed by atoms with E-state index in [1.54, 1.807) is 4.41 Å². The molecular formula is C9H13N5S. The first-order valence-corrected chi connectivity index (χ1v) is 5.37. The molecule has 0 fully saturated rings. The maximum absolute atomic E-state index is 5.31. The Balaban J connectivity index is 2.10. The summed E-state index contributed by atoms with van der Waals surface area (Å²) in [4.78, 5) is 3.15. The Bertz CT molecular complexity index is 416. The van der Waals surface area contributed by atoms with Crippen molar-refractivity contribution in [3.05, 3.63) is 28.9 Å². The Morgan fingerprint density at radius 3 is 3.00 bits per heavy atom. The Morgan fingerprint density at radius 2 is 2.40 bits per heavy atom. The predicted molar refractivity (Wildman–Crippen MR) is 63.6 cm³/mol. The van der Waals surface area contributed by atoms with E-state index in [-0.39, 0.29) is 5.96 Å². The molecule has 5 N–H and O–H groups in total. The van der Waals surface area contributed by atoms with Gasteiger partial charge in [-0.05, 0) is 35.9 Å². The van der Waals surface area contributed by atoms with Crippen LogP contribution >= 0.6 is 11.9 Å². The van der Waals surface area contributed by atoms with Crippen molar-refractivity contribution in [1.82, 2.24) is 9.40 Å². The third kappa shape index (κ3) is 2.10. The molecule has 0 atom stereocenters. The molecule has 80 valence electrons. The van der Waals surface area contributed by atoms with Crippen molar-refractivity contribution in [2.24, 2.45) is 16.6 Å². The summed E-state index contributed by atoms with van der Waals surface area (Å²) in [5, 5.41) is 6.03. The van der Waals surface area contributed by atoms with Gasteiger partial charge in [-0.3, -0.25) is 0 Å². The number of hydrogen-bond donors (Lipinski definition) is 3. The van der Waals surface area contributed by atoms with Crippen LogP contribution in [0.25, 0.3) is 5.57 Å². The van der Waals surface area contributed by atoms with Crippen LogP contribution in [0.2, 0.25) is 0 Å². The molecule has 0 spiro atoms. The van der Waals surface area contributed by atoms with Crippen molar-refractivity contribution < 1.29 is 0 Å². The second kappa shape index (κ2) is 3.90. The number of aryl methyl sites for hydroxylation is 1. The van der Waals surface area contributed by atoms with Crippen molar-refractivity contribution in [3.63, 3.8) is 0 Å². The summed E-state index contributed by atoms with van der Waals surface area (Å²) < 4.78 is 1.76. The summed E-state index contributed by atoms with van der Waals surface area (Å²) >= 11 is 1.50. The van der Waals surface area contributed by atoms with Crippen molar-refractivity contribution in [3.8, 4) is 0 Å². The quantitative estimate of drug-likeness (QED) is 0.394. The normalized spacial score (nSPS) is 15.3. The Morgan fingerprint density at radius 1 is 1.60 bits per heavy atom. The SMILES string of the molecule is Cc1[nH]ccc1C1=CSN(N=C(N)N)C1. The van der Waals surface area contributed by atoms with E-state index in [1.165, 1.54) is 23.1 Å². The van der Waals surface area contributed by atoms with Gasteiger partial charge in [0.1, 0.15) is 0 Å². The smallest absolute Gasteiger partial charge is 0.209 e. The van der Waals surface area contributed by atoms with Crippen LogP contribution in [0, 0.1) is 6.92 Å². The van der Waals surface area contributed by atoms with Gasteiger partial charge < -0.3 is 16.5 Å². The van der Waals surface area contributed by atoms with Gasteiger partial charge in [-0.1, -0.05) is 0 Å². The zero-order valence-electron chi connectivity index (χ0n) is 8.40. The lowest BCUT2D eigenvalue weighted by atomic mass is 10.1. The monoisotopic (exact) mass is 223 g/mol. The maximum atomic E-state index is 5.31. The molecule has 1 aromatic heterocycles. The van der Waals surface area contributed by atoms with Gasteiger partial charge in [0.25, 0.3) is 0 Å². The summed E-state index contributed by atoms with van der Waals surface area (Å²) in [5.41, 5.74) is 14.2. The lowest BCUT2D eigenvalue weighted by Gasteiger charge is -2.09. The van der Waals surface area contributed by atoms with Crippen LogP contribution in [-0.4, -0.2) is 21.9 Å². The second-order valence-corrected chi connectivity index (χ2v) is 4.17. The predicted octanol–water partition coefficient (Wildman–Crippen LogP) is 0.816. The zero-order valence-corrected chi connectivity index (χ0v) is 9.21. The van der Waals surface area contributed by atoms with Gasteiger partial charge in [-0.15, -0.1) is 5.10 Å². The topological polar surface area (TPSA) is 83.4 Å². The number of aromatic amines is 1. The number of guanidine groups is 1. The molecule has 2 heterocycles. The largest absolute Gasteiger partial charge is 0.369 e. The Labute approximate surface area is 92.3 Å². The van der Waals surface area contributed by atoms with E-state index in [0.29, 0.717) is 0 Å². The summed E-state index contributed by atoms with van der Waals surface area (Å²) in [6, 6.07) is 2.06. The molecule has 15 heavy (non-hydrogen) atoms. The summed E-state index contributed by atoms with van der Waals surface area (Å²) in [6.45, 7) is 2.77. The molecule has 1 aliphatic rings. The van der Waals surface area contributed by atoms with Gasteiger partial charge in [0.2, 0.25) is 5.96 Å². The van der Waals surface area contributed by atoms with E-state index in [4.69, 9.17) is 11.5 Å². The maximum Gasteiger partial charge on any atom is 0.209 e. The first-order chi connectivity index (χ1) is 7.16. The van der Waals surface area contributed by atoms with E-state index >= 15 is 0 Å². The van der Waals surface area contributed by atoms with Crippen molar-refractivity contribution in [2.45, 2.75) is 6.92 Å². The Kier molecular flexibility index (Phi) is 2.59. The summed E-state index contributed by atoms with van der Waals surface area (Å²) in [5.74, 6) is 0.0861. The van der Waals surface area contributed by atoms with Crippen molar-refractivity contribution in [2.75, 3.05) is 6.54 Å². The van der Waals surface area contributed by atoms with Crippen LogP contribution in [0.4, 0.5) is 0 Å². The lowest BCUT2D eigenvalue weighted by molar-refractivity contribution is 0.575. The van der Waals surface area contributed by atoms with E-state index in [2.05, 4.69) is 21.6 Å². The molecule has 0 saturated carbocycles. The van der Waals surface area contributed by atoms with E-state index in [0.717, 1.165) is 12.2 Å². The van der Waals surface area contributed by atoms with Gasteiger partial charge in [0.15, 0.2) is 0 Å². The molecule has 0 saturated heterocycles. The molecule has 0 aromatic carbocycles. The average molecular weight is 223 g/mol. The highest BCUT2D eigenvalue weighted by Crippen LogP contribution is 2.31. The highest BCUT2D eigenvalue weighted by atomic mass is 32.2. The fourth-order valence-corrected chi connectivity index (χ4v) is 2.29. The molecular weight excluding hydrogens is 210 g/mol. The summed E-state index contributed by atoms with van der Waals surface area (Å²) in [6.07, 6.45) is 1.93. The van der Waals surface area contributed by atoms with E-state index in [1.807, 2.05) is 13.1 Å². The van der Waals surface area contributed by atoms with E-state index < -0.39 is 0 Å². The zero-order chi connectivity index (χ0) is 10.8. The minimum atomic E-state index is 0.0861. The molecule has 6 heteroatoms. The number of hydrazone groups is 1. The standard InChI is InChI=1S/C9H13N5S/c1-6-8(2-3-12-6)7-4-14(15-5-7)13-9(10)11/h2-3,5,12H,4H2,1H3,(H4,10,11,13). The number of nitrogens with two attached hydrogens (primary N) is 2. The minimum absolute atomic E-state index is 0.0861.